The molecule has 1 aromatic rings. The molecule has 2 nitrogen and oxygen atoms in total. The van der Waals surface area contributed by atoms with Gasteiger partial charge in [-0.1, -0.05) is 26.0 Å². The van der Waals surface area contributed by atoms with Crippen molar-refractivity contribution in [1.82, 2.24) is 10.2 Å². The first kappa shape index (κ1) is 16.1. The predicted molar refractivity (Wildman–Crippen MR) is 79.6 cm³/mol. The fourth-order valence-electron chi connectivity index (χ4n) is 1.87. The van der Waals surface area contributed by atoms with Crippen LogP contribution in [0.1, 0.15) is 45.2 Å². The normalized spacial score (nSPS) is 12.2. The van der Waals surface area contributed by atoms with Gasteiger partial charge in [-0.2, -0.15) is 0 Å². The van der Waals surface area contributed by atoms with Gasteiger partial charge in [0.05, 0.1) is 0 Å². The quantitative estimate of drug-likeness (QED) is 0.812. The molecule has 0 aliphatic rings. The Morgan fingerprint density at radius 3 is 2.53 bits per heavy atom. The average Bonchev–Trinajstić information content (AvgIpc) is 2.39. The van der Waals surface area contributed by atoms with E-state index in [0.717, 1.165) is 30.6 Å². The van der Waals surface area contributed by atoms with E-state index in [1.165, 1.54) is 0 Å². The first-order chi connectivity index (χ1) is 8.90. The number of nitrogens with one attached hydrogen (secondary N) is 1. The fourth-order valence-corrected chi connectivity index (χ4v) is 1.87. The van der Waals surface area contributed by atoms with Crippen LogP contribution in [0.5, 0.6) is 0 Å². The van der Waals surface area contributed by atoms with Crippen LogP contribution in [0.25, 0.3) is 0 Å². The molecule has 0 fully saturated rings. The summed E-state index contributed by atoms with van der Waals surface area (Å²) in [6.45, 7) is 11.0. The first-order valence-electron chi connectivity index (χ1n) is 7.10. The highest BCUT2D eigenvalue weighted by Crippen LogP contribution is 2.21. The summed E-state index contributed by atoms with van der Waals surface area (Å²) in [5.41, 5.74) is 2.00. The molecule has 0 radical (unpaired) electrons. The number of benzene rings is 1. The van der Waals surface area contributed by atoms with Gasteiger partial charge in [-0.15, -0.1) is 0 Å². The van der Waals surface area contributed by atoms with Gasteiger partial charge in [0.15, 0.2) is 0 Å². The van der Waals surface area contributed by atoms with Crippen LogP contribution >= 0.6 is 0 Å². The molecule has 0 aliphatic heterocycles. The smallest absolute Gasteiger partial charge is 0.127 e. The summed E-state index contributed by atoms with van der Waals surface area (Å²) in [6.07, 6.45) is 1.04. The molecule has 1 N–H and O–H groups in total. The second-order valence-corrected chi connectivity index (χ2v) is 5.73. The van der Waals surface area contributed by atoms with Crippen molar-refractivity contribution in [3.63, 3.8) is 0 Å². The lowest BCUT2D eigenvalue weighted by molar-refractivity contribution is 0.141. The summed E-state index contributed by atoms with van der Waals surface area (Å²) < 4.78 is 13.9. The highest BCUT2D eigenvalue weighted by Gasteiger charge is 2.21. The van der Waals surface area contributed by atoms with Crippen LogP contribution in [-0.2, 0) is 13.1 Å². The largest absolute Gasteiger partial charge is 0.313 e. The first-order valence-corrected chi connectivity index (χ1v) is 7.10. The maximum atomic E-state index is 13.9. The summed E-state index contributed by atoms with van der Waals surface area (Å²) in [7, 11) is 2.06. The number of rotatable bonds is 7. The van der Waals surface area contributed by atoms with Gasteiger partial charge in [0.1, 0.15) is 5.82 Å². The molecule has 19 heavy (non-hydrogen) atoms. The standard InChI is InChI=1S/C16H27FN2/c1-6-16(3,4)19(5)12-14-10-13(11-18-7-2)8-9-15(14)17/h8-10,18H,6-7,11-12H2,1-5H3. The Hall–Kier alpha value is -0.930. The predicted octanol–water partition coefficient (Wildman–Crippen LogP) is 3.56. The van der Waals surface area contributed by atoms with Gasteiger partial charge < -0.3 is 5.32 Å². The molecular formula is C16H27FN2. The topological polar surface area (TPSA) is 15.3 Å². The third-order valence-electron chi connectivity index (χ3n) is 4.00. The molecule has 0 spiro atoms. The van der Waals surface area contributed by atoms with Crippen molar-refractivity contribution in [1.29, 1.82) is 0 Å². The van der Waals surface area contributed by atoms with Crippen LogP contribution in [0.2, 0.25) is 0 Å². The lowest BCUT2D eigenvalue weighted by Crippen LogP contribution is -2.40. The number of hydrogen-bond acceptors (Lipinski definition) is 2. The van der Waals surface area contributed by atoms with Gasteiger partial charge in [-0.25, -0.2) is 4.39 Å². The van der Waals surface area contributed by atoms with Crippen molar-refractivity contribution in [2.75, 3.05) is 13.6 Å². The highest BCUT2D eigenvalue weighted by molar-refractivity contribution is 5.25. The van der Waals surface area contributed by atoms with Crippen molar-refractivity contribution in [3.05, 3.63) is 35.1 Å². The molecule has 0 heterocycles. The van der Waals surface area contributed by atoms with Crippen LogP contribution in [-0.4, -0.2) is 24.0 Å². The maximum absolute atomic E-state index is 13.9. The lowest BCUT2D eigenvalue weighted by Gasteiger charge is -2.35. The fraction of sp³-hybridized carbons (Fsp3) is 0.625. The average molecular weight is 266 g/mol. The van der Waals surface area contributed by atoms with Crippen molar-refractivity contribution in [2.45, 2.75) is 52.7 Å². The van der Waals surface area contributed by atoms with Gasteiger partial charge in [0.25, 0.3) is 0 Å². The molecule has 0 aliphatic carbocycles. The van der Waals surface area contributed by atoms with Crippen LogP contribution in [0.4, 0.5) is 4.39 Å². The molecule has 1 rings (SSSR count). The zero-order valence-corrected chi connectivity index (χ0v) is 12.9. The van der Waals surface area contributed by atoms with E-state index < -0.39 is 0 Å². The van der Waals surface area contributed by atoms with Crippen molar-refractivity contribution >= 4 is 0 Å². The lowest BCUT2D eigenvalue weighted by atomic mass is 9.99. The van der Waals surface area contributed by atoms with Crippen LogP contribution in [0.3, 0.4) is 0 Å². The van der Waals surface area contributed by atoms with E-state index in [9.17, 15) is 4.39 Å². The third kappa shape index (κ3) is 4.59. The van der Waals surface area contributed by atoms with E-state index >= 15 is 0 Å². The minimum absolute atomic E-state index is 0.0874. The molecule has 0 atom stereocenters. The number of hydrogen-bond donors (Lipinski definition) is 1. The van der Waals surface area contributed by atoms with Crippen LogP contribution in [0, 0.1) is 5.82 Å². The van der Waals surface area contributed by atoms with E-state index in [0.29, 0.717) is 6.54 Å². The minimum Gasteiger partial charge on any atom is -0.313 e. The zero-order valence-electron chi connectivity index (χ0n) is 12.9. The second-order valence-electron chi connectivity index (χ2n) is 5.73. The Morgan fingerprint density at radius 1 is 1.26 bits per heavy atom. The van der Waals surface area contributed by atoms with E-state index in [1.807, 2.05) is 12.1 Å². The second kappa shape index (κ2) is 7.01. The van der Waals surface area contributed by atoms with E-state index in [1.54, 1.807) is 6.07 Å². The van der Waals surface area contributed by atoms with E-state index in [-0.39, 0.29) is 11.4 Å². The van der Waals surface area contributed by atoms with Crippen molar-refractivity contribution in [2.24, 2.45) is 0 Å². The summed E-state index contributed by atoms with van der Waals surface area (Å²) in [6, 6.07) is 5.40. The van der Waals surface area contributed by atoms with E-state index in [4.69, 9.17) is 0 Å². The van der Waals surface area contributed by atoms with Gasteiger partial charge in [0, 0.05) is 24.2 Å². The van der Waals surface area contributed by atoms with Crippen LogP contribution in [0.15, 0.2) is 18.2 Å². The summed E-state index contributed by atoms with van der Waals surface area (Å²) in [4.78, 5) is 2.21. The third-order valence-corrected chi connectivity index (χ3v) is 4.00. The van der Waals surface area contributed by atoms with Crippen LogP contribution < -0.4 is 5.32 Å². The van der Waals surface area contributed by atoms with Gasteiger partial charge in [0.2, 0.25) is 0 Å². The maximum Gasteiger partial charge on any atom is 0.127 e. The molecule has 0 saturated carbocycles. The Bertz CT molecular complexity index is 402. The molecule has 0 aromatic heterocycles. The number of halogens is 1. The molecule has 1 aromatic carbocycles. The zero-order chi connectivity index (χ0) is 14.5. The molecule has 3 heteroatoms. The molecule has 0 saturated heterocycles. The summed E-state index contributed by atoms with van der Waals surface area (Å²) in [5.74, 6) is -0.112. The van der Waals surface area contributed by atoms with Gasteiger partial charge in [-0.3, -0.25) is 4.90 Å². The Balaban J connectivity index is 2.82. The van der Waals surface area contributed by atoms with Crippen molar-refractivity contribution < 1.29 is 4.39 Å². The number of nitrogens with zero attached hydrogens (tertiary/aromatic N) is 1. The monoisotopic (exact) mass is 266 g/mol. The molecular weight excluding hydrogens is 239 g/mol. The van der Waals surface area contributed by atoms with Gasteiger partial charge in [-0.05, 0) is 45.5 Å². The minimum atomic E-state index is -0.112. The Labute approximate surface area is 117 Å². The SMILES string of the molecule is CCNCc1ccc(F)c(CN(C)C(C)(C)CC)c1. The molecule has 0 amide bonds. The Kier molecular flexibility index (Phi) is 5.95. The Morgan fingerprint density at radius 2 is 1.95 bits per heavy atom. The van der Waals surface area contributed by atoms with Crippen molar-refractivity contribution in [3.8, 4) is 0 Å². The molecule has 0 bridgehead atoms. The summed E-state index contributed by atoms with van der Waals surface area (Å²) >= 11 is 0. The van der Waals surface area contributed by atoms with E-state index in [2.05, 4.69) is 45.0 Å². The van der Waals surface area contributed by atoms with Gasteiger partial charge >= 0.3 is 0 Å². The molecule has 0 unspecified atom stereocenters. The summed E-state index contributed by atoms with van der Waals surface area (Å²) in [5, 5.41) is 3.27. The molecule has 108 valence electrons. The highest BCUT2D eigenvalue weighted by atomic mass is 19.1.